The van der Waals surface area contributed by atoms with Crippen LogP contribution in [0.4, 0.5) is 0 Å². The van der Waals surface area contributed by atoms with Gasteiger partial charge < -0.3 is 0 Å². The highest BCUT2D eigenvalue weighted by molar-refractivity contribution is 8.05. The zero-order chi connectivity index (χ0) is 9.38. The molecule has 0 radical (unpaired) electrons. The van der Waals surface area contributed by atoms with E-state index in [-0.39, 0.29) is 0 Å². The van der Waals surface area contributed by atoms with Crippen LogP contribution in [0.1, 0.15) is 5.82 Å². The fourth-order valence-corrected chi connectivity index (χ4v) is 2.06. The molecular weight excluding hydrogens is 192 g/mol. The zero-order valence-corrected chi connectivity index (χ0v) is 8.24. The highest BCUT2D eigenvalue weighted by Gasteiger charge is 2.06. The maximum atomic E-state index is 4.52. The van der Waals surface area contributed by atoms with Gasteiger partial charge in [0.1, 0.15) is 5.82 Å². The van der Waals surface area contributed by atoms with Crippen LogP contribution in [0.15, 0.2) is 35.1 Å². The van der Waals surface area contributed by atoms with E-state index in [4.69, 9.17) is 0 Å². The normalized spacial score (nSPS) is 14.3. The van der Waals surface area contributed by atoms with Crippen molar-refractivity contribution in [1.29, 1.82) is 0 Å². The molecule has 1 aromatic carbocycles. The molecule has 14 heavy (non-hydrogen) atoms. The molecule has 0 saturated heterocycles. The molecule has 1 aromatic heterocycles. The second-order valence-electron chi connectivity index (χ2n) is 3.05. The molecule has 0 amide bonds. The van der Waals surface area contributed by atoms with Gasteiger partial charge in [-0.2, -0.15) is 0 Å². The third-order valence-electron chi connectivity index (χ3n) is 2.21. The molecule has 1 aliphatic rings. The van der Waals surface area contributed by atoms with Crippen LogP contribution < -0.4 is 0 Å². The summed E-state index contributed by atoms with van der Waals surface area (Å²) < 4.78 is 2.10. The van der Waals surface area contributed by atoms with Crippen LogP contribution >= 0.6 is 11.8 Å². The summed E-state index contributed by atoms with van der Waals surface area (Å²) in [4.78, 5) is 4.52. The second-order valence-corrected chi connectivity index (χ2v) is 3.87. The lowest BCUT2D eigenvalue weighted by Crippen LogP contribution is -1.87. The number of para-hydroxylation sites is 2. The molecule has 3 heteroatoms. The van der Waals surface area contributed by atoms with Crippen molar-refractivity contribution in [3.63, 3.8) is 0 Å². The number of thioether (sulfide) groups is 1. The van der Waals surface area contributed by atoms with E-state index >= 15 is 0 Å². The molecule has 2 aromatic rings. The van der Waals surface area contributed by atoms with Gasteiger partial charge in [0.2, 0.25) is 0 Å². The third-order valence-corrected chi connectivity index (χ3v) is 2.78. The Bertz CT molecular complexity index is 537. The van der Waals surface area contributed by atoms with Crippen molar-refractivity contribution in [3.05, 3.63) is 40.9 Å². The van der Waals surface area contributed by atoms with E-state index in [1.54, 1.807) is 11.8 Å². The lowest BCUT2D eigenvalue weighted by atomic mass is 10.3. The Kier molecular flexibility index (Phi) is 1.70. The van der Waals surface area contributed by atoms with Gasteiger partial charge in [-0.1, -0.05) is 12.1 Å². The molecule has 1 aliphatic heterocycles. The largest absolute Gasteiger partial charge is 0.299 e. The van der Waals surface area contributed by atoms with Crippen molar-refractivity contribution in [2.45, 2.75) is 0 Å². The summed E-state index contributed by atoms with van der Waals surface area (Å²) in [6, 6.07) is 8.16. The number of benzene rings is 1. The molecule has 0 atom stereocenters. The summed E-state index contributed by atoms with van der Waals surface area (Å²) in [7, 11) is 0. The van der Waals surface area contributed by atoms with Crippen LogP contribution in [0.2, 0.25) is 0 Å². The van der Waals surface area contributed by atoms with Crippen LogP contribution in [0.3, 0.4) is 0 Å². The van der Waals surface area contributed by atoms with Gasteiger partial charge in [-0.05, 0) is 29.0 Å². The smallest absolute Gasteiger partial charge is 0.138 e. The Morgan fingerprint density at radius 1 is 1.14 bits per heavy atom. The van der Waals surface area contributed by atoms with Gasteiger partial charge >= 0.3 is 0 Å². The number of fused-ring (bicyclic) bond motifs is 3. The quantitative estimate of drug-likeness (QED) is 0.650. The maximum absolute atomic E-state index is 4.52. The summed E-state index contributed by atoms with van der Waals surface area (Å²) in [5.74, 6) is 0.993. The summed E-state index contributed by atoms with van der Waals surface area (Å²) >= 11 is 1.66. The predicted molar refractivity (Wildman–Crippen MR) is 61.7 cm³/mol. The summed E-state index contributed by atoms with van der Waals surface area (Å²) in [6.45, 7) is 0. The molecular formula is C11H8N2S. The maximum Gasteiger partial charge on any atom is 0.138 e. The number of imidazole rings is 1. The van der Waals surface area contributed by atoms with Crippen molar-refractivity contribution in [2.24, 2.45) is 0 Å². The topological polar surface area (TPSA) is 17.8 Å². The Morgan fingerprint density at radius 3 is 3.07 bits per heavy atom. The molecule has 0 fully saturated rings. The SMILES string of the molecule is C1=Cc2nc3ccccc3n2C=CS1. The monoisotopic (exact) mass is 200 g/mol. The molecule has 0 bridgehead atoms. The lowest BCUT2D eigenvalue weighted by molar-refractivity contribution is 1.14. The molecule has 2 heterocycles. The highest BCUT2D eigenvalue weighted by Crippen LogP contribution is 2.21. The van der Waals surface area contributed by atoms with E-state index in [0.717, 1.165) is 16.9 Å². The summed E-state index contributed by atoms with van der Waals surface area (Å²) in [5.41, 5.74) is 2.20. The van der Waals surface area contributed by atoms with Crippen molar-refractivity contribution in [3.8, 4) is 0 Å². The van der Waals surface area contributed by atoms with Gasteiger partial charge in [0.25, 0.3) is 0 Å². The van der Waals surface area contributed by atoms with Crippen LogP contribution in [0.5, 0.6) is 0 Å². The number of hydrogen-bond acceptors (Lipinski definition) is 2. The van der Waals surface area contributed by atoms with E-state index < -0.39 is 0 Å². The first kappa shape index (κ1) is 7.88. The molecule has 0 N–H and O–H groups in total. The van der Waals surface area contributed by atoms with E-state index in [1.807, 2.05) is 29.7 Å². The van der Waals surface area contributed by atoms with Crippen LogP contribution in [-0.4, -0.2) is 9.55 Å². The molecule has 2 nitrogen and oxygen atoms in total. The highest BCUT2D eigenvalue weighted by atomic mass is 32.2. The molecule has 0 unspecified atom stereocenters. The lowest BCUT2D eigenvalue weighted by Gasteiger charge is -1.96. The van der Waals surface area contributed by atoms with Gasteiger partial charge in [-0.3, -0.25) is 4.57 Å². The predicted octanol–water partition coefficient (Wildman–Crippen LogP) is 3.18. The second kappa shape index (κ2) is 3.03. The van der Waals surface area contributed by atoms with Gasteiger partial charge in [0, 0.05) is 6.20 Å². The van der Waals surface area contributed by atoms with E-state index in [0.29, 0.717) is 0 Å². The van der Waals surface area contributed by atoms with Crippen molar-refractivity contribution < 1.29 is 0 Å². The first-order valence-corrected chi connectivity index (χ1v) is 5.35. The minimum absolute atomic E-state index is 0.993. The average Bonchev–Trinajstić information content (AvgIpc) is 2.42. The van der Waals surface area contributed by atoms with Crippen LogP contribution in [0.25, 0.3) is 23.3 Å². The zero-order valence-electron chi connectivity index (χ0n) is 7.42. The van der Waals surface area contributed by atoms with E-state index in [2.05, 4.69) is 27.2 Å². The standard InChI is InChI=1S/C11H8N2S/c1-2-4-10-9(3-1)12-11-5-7-14-8-6-13(10)11/h1-8H. The third kappa shape index (κ3) is 1.09. The fourth-order valence-electron chi connectivity index (χ4n) is 1.58. The number of hydrogen-bond donors (Lipinski definition) is 0. The number of rotatable bonds is 0. The van der Waals surface area contributed by atoms with Gasteiger partial charge in [0.05, 0.1) is 11.0 Å². The minimum Gasteiger partial charge on any atom is -0.299 e. The first-order chi connectivity index (χ1) is 6.95. The molecule has 0 aliphatic carbocycles. The van der Waals surface area contributed by atoms with Gasteiger partial charge in [-0.25, -0.2) is 4.98 Å². The van der Waals surface area contributed by atoms with Gasteiger partial charge in [0.15, 0.2) is 0 Å². The van der Waals surface area contributed by atoms with Crippen LogP contribution in [0, 0.1) is 0 Å². The van der Waals surface area contributed by atoms with Crippen molar-refractivity contribution in [1.82, 2.24) is 9.55 Å². The molecule has 3 rings (SSSR count). The Labute approximate surface area is 85.9 Å². The molecule has 0 spiro atoms. The Morgan fingerprint density at radius 2 is 2.07 bits per heavy atom. The van der Waals surface area contributed by atoms with Crippen molar-refractivity contribution >= 4 is 35.1 Å². The summed E-state index contributed by atoms with van der Waals surface area (Å²) in [6.07, 6.45) is 4.08. The van der Waals surface area contributed by atoms with E-state index in [1.165, 1.54) is 0 Å². The van der Waals surface area contributed by atoms with Gasteiger partial charge in [-0.15, -0.1) is 11.8 Å². The minimum atomic E-state index is 0.993. The van der Waals surface area contributed by atoms with Crippen LogP contribution in [-0.2, 0) is 0 Å². The van der Waals surface area contributed by atoms with Crippen molar-refractivity contribution in [2.75, 3.05) is 0 Å². The Hall–Kier alpha value is -1.48. The number of nitrogens with zero attached hydrogens (tertiary/aromatic N) is 2. The molecule has 68 valence electrons. The molecule has 0 saturated carbocycles. The average molecular weight is 200 g/mol. The number of aromatic nitrogens is 2. The fraction of sp³-hybridized carbons (Fsp3) is 0. The summed E-state index contributed by atoms with van der Waals surface area (Å²) in [5, 5.41) is 4.10. The Balaban J connectivity index is 2.41. The van der Waals surface area contributed by atoms with E-state index in [9.17, 15) is 0 Å². The first-order valence-electron chi connectivity index (χ1n) is 4.41.